The number of aromatic nitrogens is 1. The predicted octanol–water partition coefficient (Wildman–Crippen LogP) is 2.68. The zero-order valence-corrected chi connectivity index (χ0v) is 10.6. The quantitative estimate of drug-likeness (QED) is 0.866. The summed E-state index contributed by atoms with van der Waals surface area (Å²) in [6.07, 6.45) is 0.271. The van der Waals surface area contributed by atoms with Gasteiger partial charge in [0.05, 0.1) is 0 Å². The average Bonchev–Trinajstić information content (AvgIpc) is 2.81. The van der Waals surface area contributed by atoms with E-state index in [9.17, 15) is 4.79 Å². The second kappa shape index (κ2) is 5.40. The number of thiazole rings is 1. The first-order valence-electron chi connectivity index (χ1n) is 5.12. The Morgan fingerprint density at radius 3 is 2.82 bits per heavy atom. The summed E-state index contributed by atoms with van der Waals surface area (Å²) >= 11 is 7.40. The van der Waals surface area contributed by atoms with Crippen molar-refractivity contribution in [1.29, 1.82) is 0 Å². The fraction of sp³-hybridized carbons (Fsp3) is 0.167. The molecule has 0 aliphatic rings. The zero-order chi connectivity index (χ0) is 12.3. The Balaban J connectivity index is 2.14. The van der Waals surface area contributed by atoms with Crippen molar-refractivity contribution < 1.29 is 4.79 Å². The Morgan fingerprint density at radius 1 is 1.41 bits per heavy atom. The van der Waals surface area contributed by atoms with Gasteiger partial charge in [-0.25, -0.2) is 4.98 Å². The lowest BCUT2D eigenvalue weighted by atomic mass is 10.1. The number of rotatable bonds is 4. The molecule has 0 fully saturated rings. The summed E-state index contributed by atoms with van der Waals surface area (Å²) in [4.78, 5) is 16.1. The van der Waals surface area contributed by atoms with Crippen LogP contribution >= 0.6 is 22.9 Å². The summed E-state index contributed by atoms with van der Waals surface area (Å²) in [7, 11) is 0. The van der Waals surface area contributed by atoms with E-state index in [1.54, 1.807) is 11.4 Å². The second-order valence-corrected chi connectivity index (χ2v) is 4.87. The number of Topliss-reactive ketones (excluding diaryl/α,β-unsaturated/α-hetero) is 1. The van der Waals surface area contributed by atoms with Crippen LogP contribution in [0.5, 0.6) is 0 Å². The lowest BCUT2D eigenvalue weighted by Crippen LogP contribution is -2.05. The van der Waals surface area contributed by atoms with Gasteiger partial charge in [-0.15, -0.1) is 11.3 Å². The van der Waals surface area contributed by atoms with E-state index in [4.69, 9.17) is 17.3 Å². The number of hydrogen-bond donors (Lipinski definition) is 1. The number of carbonyl (C=O) groups excluding carboxylic acids is 1. The Kier molecular flexibility index (Phi) is 3.89. The van der Waals surface area contributed by atoms with Gasteiger partial charge in [0.15, 0.2) is 5.78 Å². The van der Waals surface area contributed by atoms with E-state index in [-0.39, 0.29) is 12.2 Å². The summed E-state index contributed by atoms with van der Waals surface area (Å²) < 4.78 is 0. The van der Waals surface area contributed by atoms with E-state index >= 15 is 0 Å². The molecular formula is C12H11ClN2OS. The molecular weight excluding hydrogens is 256 g/mol. The molecule has 0 aliphatic carbocycles. The highest BCUT2D eigenvalue weighted by molar-refractivity contribution is 7.09. The molecule has 3 nitrogen and oxygen atoms in total. The van der Waals surface area contributed by atoms with Crippen molar-refractivity contribution in [3.63, 3.8) is 0 Å². The molecule has 0 bridgehead atoms. The van der Waals surface area contributed by atoms with Gasteiger partial charge in [0, 0.05) is 23.4 Å². The lowest BCUT2D eigenvalue weighted by molar-refractivity contribution is 0.0988. The molecule has 0 saturated heterocycles. The largest absolute Gasteiger partial charge is 0.325 e. The van der Waals surface area contributed by atoms with Gasteiger partial charge in [-0.05, 0) is 11.6 Å². The minimum Gasteiger partial charge on any atom is -0.325 e. The second-order valence-electron chi connectivity index (χ2n) is 3.52. The molecule has 2 rings (SSSR count). The average molecular weight is 267 g/mol. The van der Waals surface area contributed by atoms with E-state index in [1.807, 2.05) is 18.2 Å². The first-order chi connectivity index (χ1) is 8.20. The fourth-order valence-corrected chi connectivity index (χ4v) is 2.32. The van der Waals surface area contributed by atoms with Crippen molar-refractivity contribution in [3.05, 3.63) is 50.9 Å². The minimum atomic E-state index is -0.0333. The maximum absolute atomic E-state index is 11.9. The molecule has 5 heteroatoms. The normalized spacial score (nSPS) is 10.5. The third kappa shape index (κ3) is 2.91. The molecule has 0 spiro atoms. The molecule has 2 aromatic rings. The molecule has 1 heterocycles. The minimum absolute atomic E-state index is 0.0333. The van der Waals surface area contributed by atoms with Crippen LogP contribution in [-0.4, -0.2) is 10.8 Å². The third-order valence-corrected chi connectivity index (χ3v) is 3.56. The first-order valence-corrected chi connectivity index (χ1v) is 6.37. The van der Waals surface area contributed by atoms with Crippen LogP contribution in [0.25, 0.3) is 0 Å². The summed E-state index contributed by atoms with van der Waals surface area (Å²) in [5, 5.41) is 3.11. The summed E-state index contributed by atoms with van der Waals surface area (Å²) in [5.41, 5.74) is 6.74. The molecule has 0 unspecified atom stereocenters. The number of benzene rings is 1. The van der Waals surface area contributed by atoms with Gasteiger partial charge in [0.2, 0.25) is 0 Å². The molecule has 0 amide bonds. The van der Waals surface area contributed by atoms with E-state index in [0.29, 0.717) is 17.3 Å². The van der Waals surface area contributed by atoms with Crippen molar-refractivity contribution >= 4 is 28.7 Å². The molecule has 17 heavy (non-hydrogen) atoms. The van der Waals surface area contributed by atoms with Crippen LogP contribution in [0.15, 0.2) is 29.6 Å². The topological polar surface area (TPSA) is 56.0 Å². The van der Waals surface area contributed by atoms with Crippen molar-refractivity contribution in [2.24, 2.45) is 5.73 Å². The van der Waals surface area contributed by atoms with Crippen LogP contribution in [0.1, 0.15) is 21.1 Å². The highest BCUT2D eigenvalue weighted by Crippen LogP contribution is 2.18. The first kappa shape index (κ1) is 12.2. The highest BCUT2D eigenvalue weighted by atomic mass is 35.5. The molecule has 0 aliphatic heterocycles. The maximum Gasteiger partial charge on any atom is 0.186 e. The van der Waals surface area contributed by atoms with Gasteiger partial charge in [0.1, 0.15) is 10.7 Å². The van der Waals surface area contributed by atoms with Crippen LogP contribution < -0.4 is 5.73 Å². The lowest BCUT2D eigenvalue weighted by Gasteiger charge is -2.01. The Bertz CT molecular complexity index is 539. The number of carbonyl (C=O) groups is 1. The SMILES string of the molecule is NCc1nc(C(=O)Cc2ccccc2Cl)cs1. The van der Waals surface area contributed by atoms with Gasteiger partial charge in [-0.3, -0.25) is 4.79 Å². The molecule has 1 aromatic carbocycles. The smallest absolute Gasteiger partial charge is 0.186 e. The van der Waals surface area contributed by atoms with E-state index < -0.39 is 0 Å². The molecule has 2 N–H and O–H groups in total. The predicted molar refractivity (Wildman–Crippen MR) is 69.5 cm³/mol. The van der Waals surface area contributed by atoms with Gasteiger partial charge in [-0.1, -0.05) is 29.8 Å². The number of hydrogen-bond acceptors (Lipinski definition) is 4. The van der Waals surface area contributed by atoms with Crippen LogP contribution in [0.4, 0.5) is 0 Å². The van der Waals surface area contributed by atoms with Crippen molar-refractivity contribution in [2.45, 2.75) is 13.0 Å². The third-order valence-electron chi connectivity index (χ3n) is 2.32. The van der Waals surface area contributed by atoms with Crippen LogP contribution in [0.2, 0.25) is 5.02 Å². The summed E-state index contributed by atoms with van der Waals surface area (Å²) in [6, 6.07) is 7.32. The van der Waals surface area contributed by atoms with Crippen molar-refractivity contribution in [1.82, 2.24) is 4.98 Å². The molecule has 0 radical (unpaired) electrons. The highest BCUT2D eigenvalue weighted by Gasteiger charge is 2.12. The van der Waals surface area contributed by atoms with Gasteiger partial charge < -0.3 is 5.73 Å². The zero-order valence-electron chi connectivity index (χ0n) is 9.02. The van der Waals surface area contributed by atoms with E-state index in [1.165, 1.54) is 11.3 Å². The number of ketones is 1. The van der Waals surface area contributed by atoms with E-state index in [2.05, 4.69) is 4.98 Å². The number of halogens is 1. The summed E-state index contributed by atoms with van der Waals surface area (Å²) in [5.74, 6) is -0.0333. The monoisotopic (exact) mass is 266 g/mol. The number of nitrogens with two attached hydrogens (primary N) is 1. The van der Waals surface area contributed by atoms with Crippen molar-refractivity contribution in [2.75, 3.05) is 0 Å². The Labute approximate surface area is 108 Å². The van der Waals surface area contributed by atoms with Gasteiger partial charge >= 0.3 is 0 Å². The Hall–Kier alpha value is -1.23. The van der Waals surface area contributed by atoms with Crippen LogP contribution in [-0.2, 0) is 13.0 Å². The molecule has 1 aromatic heterocycles. The summed E-state index contributed by atoms with van der Waals surface area (Å²) in [6.45, 7) is 0.365. The number of nitrogens with zero attached hydrogens (tertiary/aromatic N) is 1. The Morgan fingerprint density at radius 2 is 2.18 bits per heavy atom. The van der Waals surface area contributed by atoms with Crippen molar-refractivity contribution in [3.8, 4) is 0 Å². The molecule has 0 atom stereocenters. The standard InChI is InChI=1S/C12H11ClN2OS/c13-9-4-2-1-3-8(9)5-11(16)10-7-17-12(6-14)15-10/h1-4,7H,5-6,14H2. The van der Waals surface area contributed by atoms with Crippen LogP contribution in [0.3, 0.4) is 0 Å². The fourth-order valence-electron chi connectivity index (χ4n) is 1.44. The molecule has 0 saturated carbocycles. The molecule has 88 valence electrons. The van der Waals surface area contributed by atoms with Gasteiger partial charge in [0.25, 0.3) is 0 Å². The van der Waals surface area contributed by atoms with Crippen LogP contribution in [0, 0.1) is 0 Å². The maximum atomic E-state index is 11.9. The van der Waals surface area contributed by atoms with Gasteiger partial charge in [-0.2, -0.15) is 0 Å². The van der Waals surface area contributed by atoms with E-state index in [0.717, 1.165) is 10.6 Å².